The van der Waals surface area contributed by atoms with Gasteiger partial charge in [-0.05, 0) is 31.4 Å². The minimum Gasteiger partial charge on any atom is -0.324 e. The highest BCUT2D eigenvalue weighted by molar-refractivity contribution is 5.29. The number of nitrogens with zero attached hydrogens (tertiary/aromatic N) is 1. The Morgan fingerprint density at radius 2 is 1.93 bits per heavy atom. The van der Waals surface area contributed by atoms with Gasteiger partial charge in [0, 0.05) is 25.2 Å². The van der Waals surface area contributed by atoms with Crippen molar-refractivity contribution in [1.29, 1.82) is 0 Å². The summed E-state index contributed by atoms with van der Waals surface area (Å²) < 4.78 is 0. The zero-order chi connectivity index (χ0) is 10.9. The molecule has 0 fully saturated rings. The van der Waals surface area contributed by atoms with Crippen LogP contribution in [0, 0.1) is 0 Å². The number of hydrogen-bond donors (Lipinski definition) is 1. The van der Waals surface area contributed by atoms with E-state index < -0.39 is 0 Å². The zero-order valence-electron chi connectivity index (χ0n) is 9.66. The molecule has 0 unspecified atom stereocenters. The number of nitrogens with two attached hydrogens (primary N) is 1. The second-order valence-corrected chi connectivity index (χ2v) is 5.22. The highest BCUT2D eigenvalue weighted by atomic mass is 15.1. The molecule has 1 aromatic carbocycles. The van der Waals surface area contributed by atoms with Crippen molar-refractivity contribution in [1.82, 2.24) is 4.90 Å². The SMILES string of the molecule is CC(C)(N)CN1CCc2ccccc2C1. The molecule has 2 N–H and O–H groups in total. The van der Waals surface area contributed by atoms with E-state index in [9.17, 15) is 0 Å². The molecule has 0 aromatic heterocycles. The quantitative estimate of drug-likeness (QED) is 0.795. The molecule has 0 atom stereocenters. The highest BCUT2D eigenvalue weighted by Crippen LogP contribution is 2.19. The van der Waals surface area contributed by atoms with Crippen molar-refractivity contribution in [2.75, 3.05) is 13.1 Å². The van der Waals surface area contributed by atoms with Crippen LogP contribution in [0.2, 0.25) is 0 Å². The number of hydrogen-bond acceptors (Lipinski definition) is 2. The Morgan fingerprint density at radius 3 is 2.60 bits per heavy atom. The van der Waals surface area contributed by atoms with Crippen molar-refractivity contribution in [3.05, 3.63) is 35.4 Å². The first kappa shape index (κ1) is 10.7. The molecular formula is C13H20N2. The van der Waals surface area contributed by atoms with Gasteiger partial charge in [0.1, 0.15) is 0 Å². The molecule has 0 radical (unpaired) electrons. The molecule has 15 heavy (non-hydrogen) atoms. The van der Waals surface area contributed by atoms with Gasteiger partial charge in [0.25, 0.3) is 0 Å². The van der Waals surface area contributed by atoms with E-state index in [2.05, 4.69) is 43.0 Å². The molecule has 82 valence electrons. The molecule has 0 saturated carbocycles. The van der Waals surface area contributed by atoms with Crippen molar-refractivity contribution in [2.45, 2.75) is 32.4 Å². The third kappa shape index (κ3) is 2.80. The molecule has 1 aliphatic rings. The fourth-order valence-electron chi connectivity index (χ4n) is 2.27. The number of fused-ring (bicyclic) bond motifs is 1. The Balaban J connectivity index is 2.06. The van der Waals surface area contributed by atoms with Crippen molar-refractivity contribution in [2.24, 2.45) is 5.73 Å². The predicted octanol–water partition coefficient (Wildman–Crippen LogP) is 1.78. The monoisotopic (exact) mass is 204 g/mol. The lowest BCUT2D eigenvalue weighted by atomic mass is 9.98. The molecule has 0 amide bonds. The Hall–Kier alpha value is -0.860. The smallest absolute Gasteiger partial charge is 0.0237 e. The maximum atomic E-state index is 6.04. The van der Waals surface area contributed by atoms with Crippen molar-refractivity contribution in [3.8, 4) is 0 Å². The van der Waals surface area contributed by atoms with E-state index >= 15 is 0 Å². The average molecular weight is 204 g/mol. The largest absolute Gasteiger partial charge is 0.324 e. The normalized spacial score (nSPS) is 17.5. The minimum absolute atomic E-state index is 0.0910. The van der Waals surface area contributed by atoms with Crippen LogP contribution in [0.3, 0.4) is 0 Å². The van der Waals surface area contributed by atoms with Gasteiger partial charge >= 0.3 is 0 Å². The van der Waals surface area contributed by atoms with Crippen molar-refractivity contribution >= 4 is 0 Å². The molecule has 0 bridgehead atoms. The second kappa shape index (κ2) is 3.95. The van der Waals surface area contributed by atoms with Gasteiger partial charge in [-0.15, -0.1) is 0 Å². The standard InChI is InChI=1S/C13H20N2/c1-13(2,14)10-15-8-7-11-5-3-4-6-12(11)9-15/h3-6H,7-10,14H2,1-2H3. The minimum atomic E-state index is -0.0910. The van der Waals surface area contributed by atoms with Crippen LogP contribution in [0.1, 0.15) is 25.0 Å². The first-order chi connectivity index (χ1) is 7.04. The molecule has 2 nitrogen and oxygen atoms in total. The van der Waals surface area contributed by atoms with E-state index in [1.807, 2.05) is 0 Å². The number of benzene rings is 1. The van der Waals surface area contributed by atoms with Crippen molar-refractivity contribution in [3.63, 3.8) is 0 Å². The fraction of sp³-hybridized carbons (Fsp3) is 0.538. The molecule has 1 aromatic rings. The lowest BCUT2D eigenvalue weighted by molar-refractivity contribution is 0.209. The highest BCUT2D eigenvalue weighted by Gasteiger charge is 2.20. The van der Waals surface area contributed by atoms with E-state index in [0.717, 1.165) is 26.1 Å². The third-order valence-electron chi connectivity index (χ3n) is 2.84. The van der Waals surface area contributed by atoms with Crippen LogP contribution in [0.25, 0.3) is 0 Å². The molecule has 2 rings (SSSR count). The van der Waals surface area contributed by atoms with Gasteiger partial charge in [-0.3, -0.25) is 4.90 Å². The Morgan fingerprint density at radius 1 is 1.27 bits per heavy atom. The van der Waals surface area contributed by atoms with Crippen LogP contribution in [-0.4, -0.2) is 23.5 Å². The molecule has 1 aliphatic heterocycles. The van der Waals surface area contributed by atoms with E-state index in [4.69, 9.17) is 5.73 Å². The topological polar surface area (TPSA) is 29.3 Å². The lowest BCUT2D eigenvalue weighted by Crippen LogP contribution is -2.46. The summed E-state index contributed by atoms with van der Waals surface area (Å²) in [5.74, 6) is 0. The van der Waals surface area contributed by atoms with Crippen LogP contribution in [0.4, 0.5) is 0 Å². The Labute approximate surface area is 92.1 Å². The van der Waals surface area contributed by atoms with Gasteiger partial charge in [0.15, 0.2) is 0 Å². The molecule has 0 spiro atoms. The van der Waals surface area contributed by atoms with Gasteiger partial charge < -0.3 is 5.73 Å². The summed E-state index contributed by atoms with van der Waals surface area (Å²) in [4.78, 5) is 2.45. The predicted molar refractivity (Wildman–Crippen MR) is 63.7 cm³/mol. The molecular weight excluding hydrogens is 184 g/mol. The summed E-state index contributed by atoms with van der Waals surface area (Å²) in [5.41, 5.74) is 8.92. The Kier molecular flexibility index (Phi) is 2.81. The summed E-state index contributed by atoms with van der Waals surface area (Å²) in [6.45, 7) is 7.34. The maximum Gasteiger partial charge on any atom is 0.0237 e. The van der Waals surface area contributed by atoms with E-state index in [0.29, 0.717) is 0 Å². The molecule has 0 aliphatic carbocycles. The van der Waals surface area contributed by atoms with Crippen LogP contribution in [0.5, 0.6) is 0 Å². The molecule has 2 heteroatoms. The Bertz CT molecular complexity index is 339. The van der Waals surface area contributed by atoms with Gasteiger partial charge in [-0.25, -0.2) is 0 Å². The van der Waals surface area contributed by atoms with E-state index in [1.54, 1.807) is 0 Å². The number of rotatable bonds is 2. The first-order valence-electron chi connectivity index (χ1n) is 5.63. The van der Waals surface area contributed by atoms with E-state index in [1.165, 1.54) is 11.1 Å². The summed E-state index contributed by atoms with van der Waals surface area (Å²) in [6, 6.07) is 8.71. The van der Waals surface area contributed by atoms with Gasteiger partial charge in [-0.1, -0.05) is 24.3 Å². The van der Waals surface area contributed by atoms with Crippen LogP contribution >= 0.6 is 0 Å². The summed E-state index contributed by atoms with van der Waals surface area (Å²) in [5, 5.41) is 0. The zero-order valence-corrected chi connectivity index (χ0v) is 9.66. The van der Waals surface area contributed by atoms with Crippen LogP contribution < -0.4 is 5.73 Å². The second-order valence-electron chi connectivity index (χ2n) is 5.22. The average Bonchev–Trinajstić information content (AvgIpc) is 2.15. The van der Waals surface area contributed by atoms with Gasteiger partial charge in [0.05, 0.1) is 0 Å². The fourth-order valence-corrected chi connectivity index (χ4v) is 2.27. The maximum absolute atomic E-state index is 6.04. The van der Waals surface area contributed by atoms with Crippen molar-refractivity contribution < 1.29 is 0 Å². The molecule has 1 heterocycles. The van der Waals surface area contributed by atoms with E-state index in [-0.39, 0.29) is 5.54 Å². The van der Waals surface area contributed by atoms with Crippen LogP contribution in [-0.2, 0) is 13.0 Å². The third-order valence-corrected chi connectivity index (χ3v) is 2.84. The van der Waals surface area contributed by atoms with Crippen LogP contribution in [0.15, 0.2) is 24.3 Å². The first-order valence-corrected chi connectivity index (χ1v) is 5.63. The van der Waals surface area contributed by atoms with Gasteiger partial charge in [0.2, 0.25) is 0 Å². The molecule has 0 saturated heterocycles. The summed E-state index contributed by atoms with van der Waals surface area (Å²) >= 11 is 0. The summed E-state index contributed by atoms with van der Waals surface area (Å²) in [6.07, 6.45) is 1.16. The lowest BCUT2D eigenvalue weighted by Gasteiger charge is -2.33. The van der Waals surface area contributed by atoms with Gasteiger partial charge in [-0.2, -0.15) is 0 Å². The summed E-state index contributed by atoms with van der Waals surface area (Å²) in [7, 11) is 0.